The van der Waals surface area contributed by atoms with Crippen molar-refractivity contribution in [2.24, 2.45) is 0 Å². The largest absolute Gasteiger partial charge is 0.389 e. The quantitative estimate of drug-likeness (QED) is 0.840. The molecule has 0 aliphatic heterocycles. The maximum absolute atomic E-state index is 10.1. The Kier molecular flexibility index (Phi) is 5.63. The Hall–Kier alpha value is -0.380. The van der Waals surface area contributed by atoms with Crippen molar-refractivity contribution in [1.82, 2.24) is 5.32 Å². The van der Waals surface area contributed by atoms with Crippen LogP contribution in [0.1, 0.15) is 45.2 Å². The highest BCUT2D eigenvalue weighted by atomic mass is 79.9. The van der Waals surface area contributed by atoms with Crippen LogP contribution >= 0.6 is 15.9 Å². The van der Waals surface area contributed by atoms with Crippen molar-refractivity contribution in [1.29, 1.82) is 0 Å². The molecule has 2 N–H and O–H groups in total. The summed E-state index contributed by atoms with van der Waals surface area (Å²) in [6.45, 7) is 6.70. The van der Waals surface area contributed by atoms with Crippen molar-refractivity contribution in [3.8, 4) is 0 Å². The molecule has 1 aromatic rings. The summed E-state index contributed by atoms with van der Waals surface area (Å²) in [6.07, 6.45) is 1.82. The maximum atomic E-state index is 10.1. The predicted octanol–water partition coefficient (Wildman–Crippen LogP) is 3.65. The molecule has 0 bridgehead atoms. The van der Waals surface area contributed by atoms with Crippen LogP contribution in [0.2, 0.25) is 0 Å². The van der Waals surface area contributed by atoms with Crippen molar-refractivity contribution >= 4 is 15.9 Å². The van der Waals surface area contributed by atoms with Gasteiger partial charge in [0.25, 0.3) is 0 Å². The molecular weight excluding hydrogens is 278 g/mol. The Bertz CT molecular complexity index is 352. The fraction of sp³-hybridized carbons (Fsp3) is 0.571. The van der Waals surface area contributed by atoms with Gasteiger partial charge in [0, 0.05) is 17.1 Å². The number of nitrogens with one attached hydrogen (secondary N) is 1. The summed E-state index contributed by atoms with van der Waals surface area (Å²) in [6, 6.07) is 8.40. The monoisotopic (exact) mass is 299 g/mol. The molecule has 1 rings (SSSR count). The second-order valence-electron chi connectivity index (χ2n) is 4.87. The first kappa shape index (κ1) is 14.7. The van der Waals surface area contributed by atoms with Gasteiger partial charge in [-0.05, 0) is 31.9 Å². The summed E-state index contributed by atoms with van der Waals surface area (Å²) < 4.78 is 1.11. The average molecular weight is 300 g/mol. The number of rotatable bonds is 6. The topological polar surface area (TPSA) is 32.3 Å². The van der Waals surface area contributed by atoms with E-state index in [1.807, 2.05) is 25.1 Å². The van der Waals surface area contributed by atoms with Crippen LogP contribution in [-0.2, 0) is 0 Å². The molecule has 3 heteroatoms. The molecule has 17 heavy (non-hydrogen) atoms. The lowest BCUT2D eigenvalue weighted by molar-refractivity contribution is 0.0476. The Morgan fingerprint density at radius 3 is 2.65 bits per heavy atom. The first-order valence-corrected chi connectivity index (χ1v) is 6.96. The predicted molar refractivity (Wildman–Crippen MR) is 76.1 cm³/mol. The Morgan fingerprint density at radius 2 is 2.06 bits per heavy atom. The van der Waals surface area contributed by atoms with Crippen molar-refractivity contribution in [3.05, 3.63) is 34.3 Å². The van der Waals surface area contributed by atoms with E-state index >= 15 is 0 Å². The molecule has 0 saturated heterocycles. The van der Waals surface area contributed by atoms with Crippen LogP contribution in [0.4, 0.5) is 0 Å². The van der Waals surface area contributed by atoms with Gasteiger partial charge in [0.1, 0.15) is 0 Å². The SMILES string of the molecule is CCCC(C)(O)CNC(C)c1ccccc1Br. The fourth-order valence-electron chi connectivity index (χ4n) is 1.94. The molecule has 0 spiro atoms. The minimum absolute atomic E-state index is 0.230. The summed E-state index contributed by atoms with van der Waals surface area (Å²) in [7, 11) is 0. The molecule has 0 radical (unpaired) electrons. The lowest BCUT2D eigenvalue weighted by atomic mass is 9.99. The number of aliphatic hydroxyl groups is 1. The molecule has 2 atom stereocenters. The maximum Gasteiger partial charge on any atom is 0.0743 e. The third kappa shape index (κ3) is 4.78. The van der Waals surface area contributed by atoms with E-state index in [0.717, 1.165) is 17.3 Å². The van der Waals surface area contributed by atoms with Gasteiger partial charge in [0.15, 0.2) is 0 Å². The average Bonchev–Trinajstić information content (AvgIpc) is 2.27. The summed E-state index contributed by atoms with van der Waals surface area (Å²) >= 11 is 3.55. The van der Waals surface area contributed by atoms with Gasteiger partial charge in [0.2, 0.25) is 0 Å². The van der Waals surface area contributed by atoms with E-state index in [0.29, 0.717) is 6.54 Å². The molecule has 0 saturated carbocycles. The number of hydrogen-bond donors (Lipinski definition) is 2. The molecular formula is C14H22BrNO. The van der Waals surface area contributed by atoms with E-state index in [4.69, 9.17) is 0 Å². The van der Waals surface area contributed by atoms with E-state index in [9.17, 15) is 5.11 Å². The van der Waals surface area contributed by atoms with Gasteiger partial charge < -0.3 is 10.4 Å². The highest BCUT2D eigenvalue weighted by molar-refractivity contribution is 9.10. The molecule has 0 heterocycles. The zero-order chi connectivity index (χ0) is 12.9. The van der Waals surface area contributed by atoms with Gasteiger partial charge in [0.05, 0.1) is 5.60 Å². The first-order chi connectivity index (χ1) is 7.96. The van der Waals surface area contributed by atoms with E-state index in [2.05, 4.69) is 41.2 Å². The molecule has 2 nitrogen and oxygen atoms in total. The Balaban J connectivity index is 2.56. The lowest BCUT2D eigenvalue weighted by Gasteiger charge is -2.26. The van der Waals surface area contributed by atoms with Crippen LogP contribution in [0, 0.1) is 0 Å². The minimum atomic E-state index is -0.621. The van der Waals surface area contributed by atoms with Gasteiger partial charge in [-0.15, -0.1) is 0 Å². The second kappa shape index (κ2) is 6.53. The molecule has 0 aromatic heterocycles. The van der Waals surface area contributed by atoms with Gasteiger partial charge in [-0.1, -0.05) is 47.5 Å². The van der Waals surface area contributed by atoms with Crippen LogP contribution in [-0.4, -0.2) is 17.3 Å². The Morgan fingerprint density at radius 1 is 1.41 bits per heavy atom. The minimum Gasteiger partial charge on any atom is -0.389 e. The summed E-state index contributed by atoms with van der Waals surface area (Å²) in [5, 5.41) is 13.5. The standard InChI is InChI=1S/C14H22BrNO/c1-4-9-14(3,17)10-16-11(2)12-7-5-6-8-13(12)15/h5-8,11,16-17H,4,9-10H2,1-3H3. The zero-order valence-electron chi connectivity index (χ0n) is 10.8. The molecule has 2 unspecified atom stereocenters. The van der Waals surface area contributed by atoms with Crippen LogP contribution in [0.15, 0.2) is 28.7 Å². The molecule has 0 amide bonds. The van der Waals surface area contributed by atoms with Crippen LogP contribution in [0.3, 0.4) is 0 Å². The molecule has 0 aliphatic carbocycles. The Labute approximate surface area is 113 Å². The summed E-state index contributed by atoms with van der Waals surface area (Å²) in [5.41, 5.74) is 0.601. The first-order valence-electron chi connectivity index (χ1n) is 6.16. The van der Waals surface area contributed by atoms with Crippen molar-refractivity contribution in [2.45, 2.75) is 45.3 Å². The normalized spacial score (nSPS) is 16.5. The van der Waals surface area contributed by atoms with E-state index in [-0.39, 0.29) is 6.04 Å². The third-order valence-electron chi connectivity index (χ3n) is 2.95. The van der Waals surface area contributed by atoms with Crippen molar-refractivity contribution in [2.75, 3.05) is 6.54 Å². The van der Waals surface area contributed by atoms with Crippen LogP contribution in [0.25, 0.3) is 0 Å². The lowest BCUT2D eigenvalue weighted by Crippen LogP contribution is -2.38. The zero-order valence-corrected chi connectivity index (χ0v) is 12.4. The molecule has 0 aliphatic rings. The van der Waals surface area contributed by atoms with E-state index in [1.165, 1.54) is 5.56 Å². The highest BCUT2D eigenvalue weighted by Crippen LogP contribution is 2.23. The van der Waals surface area contributed by atoms with Gasteiger partial charge in [-0.3, -0.25) is 0 Å². The molecule has 0 fully saturated rings. The third-order valence-corrected chi connectivity index (χ3v) is 3.67. The smallest absolute Gasteiger partial charge is 0.0743 e. The van der Waals surface area contributed by atoms with Crippen LogP contribution < -0.4 is 5.32 Å². The van der Waals surface area contributed by atoms with Gasteiger partial charge >= 0.3 is 0 Å². The number of hydrogen-bond acceptors (Lipinski definition) is 2. The van der Waals surface area contributed by atoms with Crippen molar-refractivity contribution in [3.63, 3.8) is 0 Å². The second-order valence-corrected chi connectivity index (χ2v) is 5.73. The number of benzene rings is 1. The summed E-state index contributed by atoms with van der Waals surface area (Å²) in [4.78, 5) is 0. The van der Waals surface area contributed by atoms with Gasteiger partial charge in [-0.25, -0.2) is 0 Å². The van der Waals surface area contributed by atoms with E-state index in [1.54, 1.807) is 0 Å². The van der Waals surface area contributed by atoms with E-state index < -0.39 is 5.60 Å². The van der Waals surface area contributed by atoms with Crippen LogP contribution in [0.5, 0.6) is 0 Å². The summed E-state index contributed by atoms with van der Waals surface area (Å²) in [5.74, 6) is 0. The highest BCUT2D eigenvalue weighted by Gasteiger charge is 2.20. The fourth-order valence-corrected chi connectivity index (χ4v) is 2.56. The molecule has 1 aromatic carbocycles. The number of halogens is 1. The van der Waals surface area contributed by atoms with Gasteiger partial charge in [-0.2, -0.15) is 0 Å². The molecule has 96 valence electrons. The van der Waals surface area contributed by atoms with Crippen molar-refractivity contribution < 1.29 is 5.11 Å².